The predicted molar refractivity (Wildman–Crippen MR) is 57.7 cm³/mol. The lowest BCUT2D eigenvalue weighted by atomic mass is 10.1. The molecule has 4 heterocycles. The number of ether oxygens (including phenoxy) is 1. The molecule has 8 heteroatoms. The first-order valence-electron chi connectivity index (χ1n) is 5.63. The summed E-state index contributed by atoms with van der Waals surface area (Å²) in [6.45, 7) is 0.259. The average Bonchev–Trinajstić information content (AvgIpc) is 2.80. The van der Waals surface area contributed by atoms with Crippen LogP contribution in [-0.4, -0.2) is 48.1 Å². The van der Waals surface area contributed by atoms with E-state index in [4.69, 9.17) is 4.74 Å². The van der Waals surface area contributed by atoms with Crippen molar-refractivity contribution in [1.82, 2.24) is 19.6 Å². The van der Waals surface area contributed by atoms with Gasteiger partial charge in [-0.1, -0.05) is 5.21 Å². The molecular formula is C10H10N4O4. The fraction of sp³-hybridized carbons (Fsp3) is 0.500. The molecule has 2 aromatic heterocycles. The second-order valence-corrected chi connectivity index (χ2v) is 4.57. The van der Waals surface area contributed by atoms with Gasteiger partial charge < -0.3 is 14.9 Å². The van der Waals surface area contributed by atoms with E-state index in [1.54, 1.807) is 6.07 Å². The van der Waals surface area contributed by atoms with E-state index in [1.807, 2.05) is 0 Å². The number of aliphatic hydroxyl groups is 2. The first-order chi connectivity index (χ1) is 8.66. The molecule has 94 valence electrons. The van der Waals surface area contributed by atoms with Crippen molar-refractivity contribution < 1.29 is 14.9 Å². The lowest BCUT2D eigenvalue weighted by Gasteiger charge is -2.19. The quantitative estimate of drug-likeness (QED) is 0.573. The van der Waals surface area contributed by atoms with Gasteiger partial charge in [-0.25, -0.2) is 4.68 Å². The Morgan fingerprint density at radius 3 is 3.00 bits per heavy atom. The monoisotopic (exact) mass is 250 g/mol. The maximum absolute atomic E-state index is 12.0. The van der Waals surface area contributed by atoms with E-state index in [2.05, 4.69) is 10.3 Å². The Balaban J connectivity index is 2.10. The summed E-state index contributed by atoms with van der Waals surface area (Å²) in [5.41, 5.74) is 0.762. The summed E-state index contributed by atoms with van der Waals surface area (Å²) in [5, 5.41) is 27.7. The first-order valence-corrected chi connectivity index (χ1v) is 5.63. The fourth-order valence-electron chi connectivity index (χ4n) is 2.64. The molecule has 8 nitrogen and oxygen atoms in total. The molecule has 1 saturated heterocycles. The van der Waals surface area contributed by atoms with Crippen LogP contribution in [0.15, 0.2) is 16.9 Å². The zero-order valence-corrected chi connectivity index (χ0v) is 9.17. The summed E-state index contributed by atoms with van der Waals surface area (Å²) in [6, 6.07) is 2.93. The van der Waals surface area contributed by atoms with Crippen molar-refractivity contribution in [2.24, 2.45) is 0 Å². The molecule has 2 bridgehead atoms. The number of hydrogen-bond donors (Lipinski definition) is 2. The molecule has 0 aliphatic carbocycles. The van der Waals surface area contributed by atoms with Crippen LogP contribution in [0.5, 0.6) is 0 Å². The van der Waals surface area contributed by atoms with Gasteiger partial charge in [0.05, 0.1) is 6.54 Å². The number of hydrogen-bond acceptors (Lipinski definition) is 6. The van der Waals surface area contributed by atoms with Gasteiger partial charge >= 0.3 is 0 Å². The third kappa shape index (κ3) is 1.07. The second-order valence-electron chi connectivity index (χ2n) is 4.57. The molecule has 0 saturated carbocycles. The van der Waals surface area contributed by atoms with E-state index >= 15 is 0 Å². The topological polar surface area (TPSA) is 102 Å². The highest BCUT2D eigenvalue weighted by molar-refractivity contribution is 5.70. The molecule has 0 radical (unpaired) electrons. The molecule has 0 spiro atoms. The fourth-order valence-corrected chi connectivity index (χ4v) is 2.64. The SMILES string of the molecule is O=c1ccc2nnn3c2n1[C@H]1O[C@@H](C3)C(O)C1O. The minimum atomic E-state index is -1.12. The van der Waals surface area contributed by atoms with E-state index in [-0.39, 0.29) is 12.1 Å². The van der Waals surface area contributed by atoms with Gasteiger partial charge in [0.25, 0.3) is 5.56 Å². The lowest BCUT2D eigenvalue weighted by molar-refractivity contribution is -0.0351. The minimum Gasteiger partial charge on any atom is -0.387 e. The number of rotatable bonds is 0. The summed E-state index contributed by atoms with van der Waals surface area (Å²) in [6.07, 6.45) is -3.63. The van der Waals surface area contributed by atoms with E-state index in [9.17, 15) is 15.0 Å². The van der Waals surface area contributed by atoms with Crippen molar-refractivity contribution in [1.29, 1.82) is 0 Å². The standard InChI is InChI=1S/C10H10N4O4/c15-6-2-1-4-9-13(12-11-4)3-5-7(16)8(17)10(18-5)14(6)9/h1-2,5,7-8,10,16-17H,3H2/t5-,7?,8?,10-/m0/s1. The molecular weight excluding hydrogens is 240 g/mol. The highest BCUT2D eigenvalue weighted by Gasteiger charge is 2.47. The molecule has 1 fully saturated rings. The summed E-state index contributed by atoms with van der Waals surface area (Å²) in [5.74, 6) is 0. The van der Waals surface area contributed by atoms with Gasteiger partial charge in [-0.2, -0.15) is 0 Å². The highest BCUT2D eigenvalue weighted by atomic mass is 16.6. The van der Waals surface area contributed by atoms with E-state index in [0.717, 1.165) is 0 Å². The number of aromatic nitrogens is 4. The molecule has 2 aliphatic heterocycles. The van der Waals surface area contributed by atoms with Crippen molar-refractivity contribution in [2.75, 3.05) is 0 Å². The van der Waals surface area contributed by atoms with E-state index in [0.29, 0.717) is 11.2 Å². The van der Waals surface area contributed by atoms with Gasteiger partial charge in [-0.15, -0.1) is 5.10 Å². The Morgan fingerprint density at radius 1 is 1.33 bits per heavy atom. The largest absolute Gasteiger partial charge is 0.387 e. The molecule has 2 unspecified atom stereocenters. The van der Waals surface area contributed by atoms with Crippen LogP contribution < -0.4 is 5.56 Å². The number of nitrogens with zero attached hydrogens (tertiary/aromatic N) is 4. The predicted octanol–water partition coefficient (Wildman–Crippen LogP) is -1.77. The van der Waals surface area contributed by atoms with Gasteiger partial charge in [0.1, 0.15) is 23.8 Å². The highest BCUT2D eigenvalue weighted by Crippen LogP contribution is 2.33. The van der Waals surface area contributed by atoms with Gasteiger partial charge in [0, 0.05) is 6.07 Å². The third-order valence-electron chi connectivity index (χ3n) is 3.53. The van der Waals surface area contributed by atoms with Gasteiger partial charge in [-0.05, 0) is 6.07 Å². The van der Waals surface area contributed by atoms with Crippen molar-refractivity contribution in [3.8, 4) is 0 Å². The van der Waals surface area contributed by atoms with E-state index in [1.165, 1.54) is 15.3 Å². The Labute approximate surface area is 100 Å². The second kappa shape index (κ2) is 3.16. The zero-order valence-electron chi connectivity index (χ0n) is 9.17. The van der Waals surface area contributed by atoms with Crippen LogP contribution in [0.4, 0.5) is 0 Å². The molecule has 0 aromatic carbocycles. The van der Waals surface area contributed by atoms with Crippen LogP contribution in [0.2, 0.25) is 0 Å². The summed E-state index contributed by atoms with van der Waals surface area (Å²) >= 11 is 0. The molecule has 2 N–H and O–H groups in total. The van der Waals surface area contributed by atoms with Crippen molar-refractivity contribution in [2.45, 2.75) is 31.1 Å². The first kappa shape index (κ1) is 10.2. The van der Waals surface area contributed by atoms with Crippen LogP contribution in [0, 0.1) is 0 Å². The van der Waals surface area contributed by atoms with Crippen molar-refractivity contribution in [3.63, 3.8) is 0 Å². The average molecular weight is 250 g/mol. The lowest BCUT2D eigenvalue weighted by Crippen LogP contribution is -2.38. The van der Waals surface area contributed by atoms with Gasteiger partial charge in [-0.3, -0.25) is 9.36 Å². The number of fused-ring (bicyclic) bond motifs is 3. The molecule has 4 rings (SSSR count). The van der Waals surface area contributed by atoms with Crippen molar-refractivity contribution >= 4 is 11.2 Å². The smallest absolute Gasteiger partial charge is 0.254 e. The number of pyridine rings is 1. The third-order valence-corrected chi connectivity index (χ3v) is 3.53. The zero-order chi connectivity index (χ0) is 12.4. The van der Waals surface area contributed by atoms with Crippen LogP contribution in [0.1, 0.15) is 6.23 Å². The summed E-state index contributed by atoms with van der Waals surface area (Å²) < 4.78 is 8.36. The Kier molecular flexibility index (Phi) is 1.79. The summed E-state index contributed by atoms with van der Waals surface area (Å²) in [4.78, 5) is 12.0. The normalized spacial score (nSPS) is 33.9. The van der Waals surface area contributed by atoms with E-state index < -0.39 is 24.5 Å². The maximum atomic E-state index is 12.0. The van der Waals surface area contributed by atoms with Crippen LogP contribution in [0.3, 0.4) is 0 Å². The van der Waals surface area contributed by atoms with Crippen LogP contribution in [-0.2, 0) is 11.3 Å². The number of aliphatic hydroxyl groups excluding tert-OH is 2. The van der Waals surface area contributed by atoms with Gasteiger partial charge in [0.2, 0.25) is 0 Å². The summed E-state index contributed by atoms with van der Waals surface area (Å²) in [7, 11) is 0. The molecule has 4 atom stereocenters. The molecule has 2 aliphatic rings. The maximum Gasteiger partial charge on any atom is 0.254 e. The molecule has 2 aromatic rings. The minimum absolute atomic E-state index is 0.259. The van der Waals surface area contributed by atoms with Crippen molar-refractivity contribution in [3.05, 3.63) is 22.5 Å². The molecule has 0 amide bonds. The molecule has 18 heavy (non-hydrogen) atoms. The van der Waals surface area contributed by atoms with Crippen LogP contribution in [0.25, 0.3) is 11.2 Å². The Bertz CT molecular complexity index is 693. The van der Waals surface area contributed by atoms with Crippen LogP contribution >= 0.6 is 0 Å². The Hall–Kier alpha value is -1.77. The Morgan fingerprint density at radius 2 is 2.17 bits per heavy atom. The van der Waals surface area contributed by atoms with Gasteiger partial charge in [0.15, 0.2) is 11.9 Å².